The lowest BCUT2D eigenvalue weighted by Gasteiger charge is -2.34. The van der Waals surface area contributed by atoms with Crippen molar-refractivity contribution in [3.63, 3.8) is 0 Å². The van der Waals surface area contributed by atoms with Crippen LogP contribution in [0.2, 0.25) is 0 Å². The Morgan fingerprint density at radius 1 is 1.11 bits per heavy atom. The second-order valence-corrected chi connectivity index (χ2v) is 6.65. The van der Waals surface area contributed by atoms with Crippen molar-refractivity contribution in [1.29, 1.82) is 0 Å². The van der Waals surface area contributed by atoms with Gasteiger partial charge in [0.15, 0.2) is 22.8 Å². The molecule has 0 radical (unpaired) electrons. The number of hydrogen-bond acceptors (Lipinski definition) is 7. The van der Waals surface area contributed by atoms with Gasteiger partial charge in [0, 0.05) is 10.8 Å². The van der Waals surface area contributed by atoms with Crippen molar-refractivity contribution in [2.24, 2.45) is 10.1 Å². The molecule has 138 valence electrons. The number of hydrazone groups is 1. The molecule has 7 nitrogen and oxygen atoms in total. The van der Waals surface area contributed by atoms with E-state index in [-0.39, 0.29) is 5.91 Å². The van der Waals surface area contributed by atoms with Crippen molar-refractivity contribution in [3.8, 4) is 11.5 Å². The number of fused-ring (bicyclic) bond motifs is 2. The maximum atomic E-state index is 12.8. The molecule has 2 aliphatic rings. The molecule has 2 heterocycles. The molecule has 0 saturated carbocycles. The number of ether oxygens (including phenoxy) is 2. The standard InChI is InChI=1S/C19H18N4O3S/c1-25-14-10-6-8-12(16(14)26-2)17-20-13-9-5-4-7-11(13)15-18(24)21-19(27-3)22-23(15)17/h4-10,17H,1-3H3,(H,21,22,24)/t17-/m1/s1. The van der Waals surface area contributed by atoms with Gasteiger partial charge in [-0.1, -0.05) is 42.1 Å². The van der Waals surface area contributed by atoms with Crippen LogP contribution in [0.4, 0.5) is 0 Å². The number of nitrogens with zero attached hydrogens (tertiary/aromatic N) is 3. The summed E-state index contributed by atoms with van der Waals surface area (Å²) in [5.41, 5.74) is 1.23. The molecule has 1 amide bonds. The zero-order chi connectivity index (χ0) is 19.0. The molecule has 4 rings (SSSR count). The zero-order valence-electron chi connectivity index (χ0n) is 15.1. The van der Waals surface area contributed by atoms with Crippen LogP contribution in [0.15, 0.2) is 52.6 Å². The van der Waals surface area contributed by atoms with E-state index in [4.69, 9.17) is 14.5 Å². The van der Waals surface area contributed by atoms with Crippen molar-refractivity contribution < 1.29 is 14.3 Å². The van der Waals surface area contributed by atoms with Gasteiger partial charge in [-0.15, -0.1) is 5.10 Å². The molecular weight excluding hydrogens is 364 g/mol. The van der Waals surface area contributed by atoms with E-state index in [1.807, 2.05) is 48.7 Å². The van der Waals surface area contributed by atoms with Gasteiger partial charge in [-0.2, -0.15) is 0 Å². The summed E-state index contributed by atoms with van der Waals surface area (Å²) < 4.78 is 11.0. The van der Waals surface area contributed by atoms with Crippen LogP contribution >= 0.6 is 11.8 Å². The molecule has 8 heteroatoms. The fraction of sp³-hybridized carbons (Fsp3) is 0.211. The summed E-state index contributed by atoms with van der Waals surface area (Å²) in [7, 11) is 3.17. The quantitative estimate of drug-likeness (QED) is 0.864. The Labute approximate surface area is 160 Å². The van der Waals surface area contributed by atoms with Gasteiger partial charge in [0.1, 0.15) is 5.70 Å². The van der Waals surface area contributed by atoms with Crippen LogP contribution in [0.3, 0.4) is 0 Å². The highest BCUT2D eigenvalue weighted by atomic mass is 32.2. The van der Waals surface area contributed by atoms with E-state index in [9.17, 15) is 4.79 Å². The van der Waals surface area contributed by atoms with Gasteiger partial charge in [0.25, 0.3) is 5.91 Å². The first-order valence-corrected chi connectivity index (χ1v) is 9.51. The number of para-hydroxylation sites is 2. The predicted molar refractivity (Wildman–Crippen MR) is 104 cm³/mol. The molecule has 1 atom stereocenters. The Balaban J connectivity index is 2.00. The van der Waals surface area contributed by atoms with Crippen LogP contribution in [0, 0.1) is 0 Å². The Morgan fingerprint density at radius 2 is 1.93 bits per heavy atom. The highest BCUT2D eigenvalue weighted by Crippen LogP contribution is 2.40. The summed E-state index contributed by atoms with van der Waals surface area (Å²) in [6.45, 7) is 0. The maximum absolute atomic E-state index is 12.8. The van der Waals surface area contributed by atoms with Crippen molar-refractivity contribution in [1.82, 2.24) is 10.3 Å². The molecule has 2 aliphatic heterocycles. The van der Waals surface area contributed by atoms with Crippen molar-refractivity contribution in [2.45, 2.75) is 6.17 Å². The molecule has 0 unspecified atom stereocenters. The average Bonchev–Trinajstić information content (AvgIpc) is 2.71. The largest absolute Gasteiger partial charge is 0.493 e. The van der Waals surface area contributed by atoms with E-state index in [1.54, 1.807) is 19.2 Å². The number of methoxy groups -OCH3 is 2. The van der Waals surface area contributed by atoms with Gasteiger partial charge < -0.3 is 9.47 Å². The number of amides is 1. The summed E-state index contributed by atoms with van der Waals surface area (Å²) in [5.74, 6) is 0.962. The summed E-state index contributed by atoms with van der Waals surface area (Å²) in [5, 5.41) is 11.1. The number of carbonyl (C=O) groups is 1. The Kier molecular flexibility index (Phi) is 4.49. The lowest BCUT2D eigenvalue weighted by atomic mass is 10.1. The number of carbonyl (C=O) groups excluding carboxylic acids is 1. The number of amidine groups is 1. The fourth-order valence-electron chi connectivity index (χ4n) is 3.24. The van der Waals surface area contributed by atoms with Gasteiger partial charge in [0.2, 0.25) is 0 Å². The van der Waals surface area contributed by atoms with Crippen LogP contribution in [0.1, 0.15) is 11.7 Å². The summed E-state index contributed by atoms with van der Waals surface area (Å²) in [4.78, 5) is 17.7. The third-order valence-electron chi connectivity index (χ3n) is 4.42. The first-order valence-electron chi connectivity index (χ1n) is 8.29. The summed E-state index contributed by atoms with van der Waals surface area (Å²) in [6.07, 6.45) is 1.31. The molecular formula is C19H18N4O3S. The highest BCUT2D eigenvalue weighted by molar-refractivity contribution is 8.13. The minimum Gasteiger partial charge on any atom is -0.493 e. The smallest absolute Gasteiger partial charge is 0.276 e. The molecule has 0 saturated heterocycles. The second kappa shape index (κ2) is 6.96. The van der Waals surface area contributed by atoms with Crippen molar-refractivity contribution >= 4 is 28.5 Å². The fourth-order valence-corrected chi connectivity index (χ4v) is 3.60. The normalized spacial score (nSPS) is 18.0. The molecule has 0 aromatic heterocycles. The van der Waals surface area contributed by atoms with Gasteiger partial charge in [-0.05, 0) is 18.4 Å². The summed E-state index contributed by atoms with van der Waals surface area (Å²) in [6, 6.07) is 13.1. The van der Waals surface area contributed by atoms with Crippen molar-refractivity contribution in [2.75, 3.05) is 20.5 Å². The molecule has 27 heavy (non-hydrogen) atoms. The van der Waals surface area contributed by atoms with Crippen LogP contribution in [0.25, 0.3) is 5.70 Å². The second-order valence-electron chi connectivity index (χ2n) is 5.86. The van der Waals surface area contributed by atoms with Crippen LogP contribution in [0.5, 0.6) is 11.5 Å². The Bertz CT molecular complexity index is 1070. The average molecular weight is 382 g/mol. The number of thioether (sulfide) groups is 1. The van der Waals surface area contributed by atoms with E-state index in [2.05, 4.69) is 10.4 Å². The first kappa shape index (κ1) is 17.4. The maximum Gasteiger partial charge on any atom is 0.276 e. The lowest BCUT2D eigenvalue weighted by Crippen LogP contribution is -2.50. The zero-order valence-corrected chi connectivity index (χ0v) is 15.9. The SMILES string of the molecule is COc1cccc([C@@H]2N=c3ccccc3=C3C(=O)NC(SC)=NN32)c1OC. The lowest BCUT2D eigenvalue weighted by molar-refractivity contribution is -0.116. The Morgan fingerprint density at radius 3 is 2.67 bits per heavy atom. The number of nitrogens with one attached hydrogen (secondary N) is 1. The van der Waals surface area contributed by atoms with Crippen LogP contribution in [-0.4, -0.2) is 36.6 Å². The third-order valence-corrected chi connectivity index (χ3v) is 4.99. The van der Waals surface area contributed by atoms with Gasteiger partial charge >= 0.3 is 0 Å². The summed E-state index contributed by atoms with van der Waals surface area (Å²) >= 11 is 1.37. The molecule has 1 N–H and O–H groups in total. The molecule has 0 spiro atoms. The van der Waals surface area contributed by atoms with E-state index >= 15 is 0 Å². The van der Waals surface area contributed by atoms with E-state index in [1.165, 1.54) is 11.8 Å². The molecule has 2 aromatic carbocycles. The minimum absolute atomic E-state index is 0.205. The topological polar surface area (TPSA) is 75.5 Å². The number of hydrogen-bond donors (Lipinski definition) is 1. The van der Waals surface area contributed by atoms with Gasteiger partial charge in [-0.3, -0.25) is 15.1 Å². The Hall–Kier alpha value is -3.00. The van der Waals surface area contributed by atoms with E-state index in [0.29, 0.717) is 22.4 Å². The van der Waals surface area contributed by atoms with Gasteiger partial charge in [0.05, 0.1) is 19.6 Å². The van der Waals surface area contributed by atoms with Gasteiger partial charge in [-0.25, -0.2) is 5.01 Å². The highest BCUT2D eigenvalue weighted by Gasteiger charge is 2.35. The monoisotopic (exact) mass is 382 g/mol. The third kappa shape index (κ3) is 2.82. The number of benzene rings is 2. The van der Waals surface area contributed by atoms with E-state index < -0.39 is 6.17 Å². The van der Waals surface area contributed by atoms with Crippen LogP contribution < -0.4 is 25.4 Å². The molecule has 2 aromatic rings. The first-order chi connectivity index (χ1) is 13.2. The predicted octanol–water partition coefficient (Wildman–Crippen LogP) is 1.21. The molecule has 0 bridgehead atoms. The minimum atomic E-state index is -0.548. The van der Waals surface area contributed by atoms with E-state index in [0.717, 1.165) is 16.1 Å². The van der Waals surface area contributed by atoms with Crippen LogP contribution in [-0.2, 0) is 4.79 Å². The van der Waals surface area contributed by atoms with Crippen molar-refractivity contribution in [3.05, 3.63) is 58.6 Å². The molecule has 0 aliphatic carbocycles. The molecule has 0 fully saturated rings. The number of rotatable bonds is 3.